The third kappa shape index (κ3) is 2.50. The highest BCUT2D eigenvalue weighted by molar-refractivity contribution is 5.71. The average molecular weight is 272 g/mol. The van der Waals surface area contributed by atoms with Gasteiger partial charge >= 0.3 is 0 Å². The lowest BCUT2D eigenvalue weighted by atomic mass is 9.86. The Bertz CT molecular complexity index is 615. The molecule has 1 aliphatic rings. The Balaban J connectivity index is 1.93. The van der Waals surface area contributed by atoms with Gasteiger partial charge in [0, 0.05) is 11.6 Å². The van der Waals surface area contributed by atoms with Crippen molar-refractivity contribution in [1.29, 1.82) is 0 Å². The van der Waals surface area contributed by atoms with Gasteiger partial charge in [0.05, 0.1) is 6.61 Å². The maximum absolute atomic E-state index is 6.07. The van der Waals surface area contributed by atoms with Crippen LogP contribution in [0.5, 0.6) is 5.75 Å². The summed E-state index contributed by atoms with van der Waals surface area (Å²) in [6.45, 7) is 4.91. The van der Waals surface area contributed by atoms with Crippen LogP contribution >= 0.6 is 0 Å². The molecule has 0 radical (unpaired) electrons. The summed E-state index contributed by atoms with van der Waals surface area (Å²) in [5.74, 6) is 1.92. The van der Waals surface area contributed by atoms with Crippen LogP contribution in [-0.2, 0) is 0 Å². The first-order chi connectivity index (χ1) is 9.63. The largest absolute Gasteiger partial charge is 0.492 e. The molecular formula is C16H20N2O2. The lowest BCUT2D eigenvalue weighted by Crippen LogP contribution is -2.19. The Kier molecular flexibility index (Phi) is 3.38. The number of nitrogens with two attached hydrogens (primary N) is 1. The van der Waals surface area contributed by atoms with Crippen LogP contribution in [0.1, 0.15) is 30.4 Å². The predicted octanol–water partition coefficient (Wildman–Crippen LogP) is 3.72. The lowest BCUT2D eigenvalue weighted by Gasteiger charge is -2.26. The molecule has 1 heterocycles. The number of nitrogens with zero attached hydrogens (tertiary/aromatic N) is 1. The van der Waals surface area contributed by atoms with Crippen molar-refractivity contribution < 1.29 is 9.26 Å². The maximum Gasteiger partial charge on any atom is 0.222 e. The van der Waals surface area contributed by atoms with Crippen LogP contribution in [-0.4, -0.2) is 11.8 Å². The summed E-state index contributed by atoms with van der Waals surface area (Å²) in [5.41, 5.74) is 9.62. The Morgan fingerprint density at radius 3 is 2.70 bits per heavy atom. The van der Waals surface area contributed by atoms with Crippen molar-refractivity contribution in [2.75, 3.05) is 12.3 Å². The highest BCUT2D eigenvalue weighted by Gasteiger charge is 2.20. The standard InChI is InChI=1S/C16H20N2O2/c1-10-6-11(2)16(19-9-12-4-3-5-12)13(7-10)14-8-15(17)20-18-14/h6-8,12H,3-5,9,17H2,1-2H3. The monoisotopic (exact) mass is 272 g/mol. The van der Waals surface area contributed by atoms with Crippen molar-refractivity contribution in [3.63, 3.8) is 0 Å². The summed E-state index contributed by atoms with van der Waals surface area (Å²) in [6.07, 6.45) is 3.88. The van der Waals surface area contributed by atoms with E-state index in [0.717, 1.165) is 29.2 Å². The zero-order valence-corrected chi connectivity index (χ0v) is 12.0. The molecule has 1 aromatic heterocycles. The molecule has 1 aromatic carbocycles. The number of hydrogen-bond donors (Lipinski definition) is 1. The first-order valence-electron chi connectivity index (χ1n) is 7.10. The fourth-order valence-corrected chi connectivity index (χ4v) is 2.61. The van der Waals surface area contributed by atoms with Crippen LogP contribution in [0, 0.1) is 19.8 Å². The summed E-state index contributed by atoms with van der Waals surface area (Å²) in [6, 6.07) is 5.94. The maximum atomic E-state index is 6.07. The fraction of sp³-hybridized carbons (Fsp3) is 0.438. The number of aryl methyl sites for hydroxylation is 2. The molecule has 106 valence electrons. The smallest absolute Gasteiger partial charge is 0.222 e. The van der Waals surface area contributed by atoms with E-state index in [2.05, 4.69) is 31.1 Å². The van der Waals surface area contributed by atoms with E-state index in [-0.39, 0.29) is 0 Å². The van der Waals surface area contributed by atoms with Crippen molar-refractivity contribution in [3.05, 3.63) is 29.3 Å². The molecule has 0 spiro atoms. The molecule has 0 saturated heterocycles. The van der Waals surface area contributed by atoms with E-state index >= 15 is 0 Å². The van der Waals surface area contributed by atoms with Crippen LogP contribution in [0.3, 0.4) is 0 Å². The molecule has 0 aliphatic heterocycles. The molecule has 20 heavy (non-hydrogen) atoms. The van der Waals surface area contributed by atoms with Crippen LogP contribution in [0.15, 0.2) is 22.7 Å². The number of anilines is 1. The SMILES string of the molecule is Cc1cc(C)c(OCC2CCC2)c(-c2cc(N)on2)c1. The molecule has 1 fully saturated rings. The third-order valence-corrected chi connectivity index (χ3v) is 3.91. The summed E-state index contributed by atoms with van der Waals surface area (Å²) in [7, 11) is 0. The molecule has 0 atom stereocenters. The Morgan fingerprint density at radius 1 is 1.30 bits per heavy atom. The van der Waals surface area contributed by atoms with Gasteiger partial charge < -0.3 is 15.0 Å². The van der Waals surface area contributed by atoms with Gasteiger partial charge in [-0.05, 0) is 49.8 Å². The van der Waals surface area contributed by atoms with Gasteiger partial charge in [-0.3, -0.25) is 0 Å². The molecule has 4 nitrogen and oxygen atoms in total. The number of ether oxygens (including phenoxy) is 1. The zero-order chi connectivity index (χ0) is 14.1. The quantitative estimate of drug-likeness (QED) is 0.921. The van der Waals surface area contributed by atoms with Crippen LogP contribution in [0.2, 0.25) is 0 Å². The third-order valence-electron chi connectivity index (χ3n) is 3.91. The molecule has 3 rings (SSSR count). The van der Waals surface area contributed by atoms with Gasteiger partial charge in [-0.2, -0.15) is 0 Å². The normalized spacial score (nSPS) is 15.1. The predicted molar refractivity (Wildman–Crippen MR) is 78.7 cm³/mol. The van der Waals surface area contributed by atoms with Crippen LogP contribution in [0.4, 0.5) is 5.88 Å². The van der Waals surface area contributed by atoms with E-state index in [1.54, 1.807) is 6.07 Å². The van der Waals surface area contributed by atoms with E-state index < -0.39 is 0 Å². The number of benzene rings is 1. The molecule has 0 bridgehead atoms. The minimum atomic E-state index is 0.323. The molecule has 2 N–H and O–H groups in total. The number of rotatable bonds is 4. The Hall–Kier alpha value is -1.97. The van der Waals surface area contributed by atoms with E-state index in [9.17, 15) is 0 Å². The van der Waals surface area contributed by atoms with Crippen LogP contribution < -0.4 is 10.5 Å². The number of aromatic nitrogens is 1. The molecule has 0 unspecified atom stereocenters. The van der Waals surface area contributed by atoms with Gasteiger partial charge in [0.1, 0.15) is 11.4 Å². The number of hydrogen-bond acceptors (Lipinski definition) is 4. The van der Waals surface area contributed by atoms with Crippen molar-refractivity contribution >= 4 is 5.88 Å². The summed E-state index contributed by atoms with van der Waals surface area (Å²) >= 11 is 0. The second kappa shape index (κ2) is 5.19. The van der Waals surface area contributed by atoms with Crippen molar-refractivity contribution in [2.24, 2.45) is 5.92 Å². The Labute approximate surface area is 118 Å². The van der Waals surface area contributed by atoms with Gasteiger partial charge in [-0.1, -0.05) is 17.6 Å². The summed E-state index contributed by atoms with van der Waals surface area (Å²) in [5, 5.41) is 4.01. The van der Waals surface area contributed by atoms with E-state index in [0.29, 0.717) is 11.8 Å². The first kappa shape index (κ1) is 13.0. The highest BCUT2D eigenvalue weighted by Crippen LogP contribution is 2.36. The van der Waals surface area contributed by atoms with Gasteiger partial charge in [0.2, 0.25) is 5.88 Å². The highest BCUT2D eigenvalue weighted by atomic mass is 16.5. The molecule has 1 aliphatic carbocycles. The topological polar surface area (TPSA) is 61.3 Å². The van der Waals surface area contributed by atoms with Gasteiger partial charge in [-0.25, -0.2) is 0 Å². The van der Waals surface area contributed by atoms with Crippen molar-refractivity contribution in [2.45, 2.75) is 33.1 Å². The van der Waals surface area contributed by atoms with E-state index in [4.69, 9.17) is 15.0 Å². The van der Waals surface area contributed by atoms with Crippen molar-refractivity contribution in [1.82, 2.24) is 5.16 Å². The van der Waals surface area contributed by atoms with E-state index in [1.165, 1.54) is 24.8 Å². The average Bonchev–Trinajstić information content (AvgIpc) is 2.75. The number of nitrogen functional groups attached to an aromatic ring is 1. The Morgan fingerprint density at radius 2 is 2.10 bits per heavy atom. The molecule has 1 saturated carbocycles. The van der Waals surface area contributed by atoms with Gasteiger partial charge in [0.15, 0.2) is 0 Å². The van der Waals surface area contributed by atoms with Gasteiger partial charge in [-0.15, -0.1) is 0 Å². The fourth-order valence-electron chi connectivity index (χ4n) is 2.61. The second-order valence-electron chi connectivity index (χ2n) is 5.68. The molecular weight excluding hydrogens is 252 g/mol. The minimum Gasteiger partial charge on any atom is -0.492 e. The molecule has 2 aromatic rings. The molecule has 0 amide bonds. The van der Waals surface area contributed by atoms with E-state index in [1.807, 2.05) is 0 Å². The molecule has 4 heteroatoms. The first-order valence-corrected chi connectivity index (χ1v) is 7.10. The minimum absolute atomic E-state index is 0.323. The lowest BCUT2D eigenvalue weighted by molar-refractivity contribution is 0.180. The van der Waals surface area contributed by atoms with Gasteiger partial charge in [0.25, 0.3) is 0 Å². The second-order valence-corrected chi connectivity index (χ2v) is 5.68. The summed E-state index contributed by atoms with van der Waals surface area (Å²) in [4.78, 5) is 0. The van der Waals surface area contributed by atoms with Crippen molar-refractivity contribution in [3.8, 4) is 17.0 Å². The van der Waals surface area contributed by atoms with Crippen LogP contribution in [0.25, 0.3) is 11.3 Å². The summed E-state index contributed by atoms with van der Waals surface area (Å²) < 4.78 is 11.1. The zero-order valence-electron chi connectivity index (χ0n) is 12.0.